The molecular formula is C8H18I3Sn-. The van der Waals surface area contributed by atoms with E-state index in [1.165, 1.54) is 25.7 Å². The molecule has 0 unspecified atom stereocenters. The van der Waals surface area contributed by atoms with E-state index in [-0.39, 0.29) is 21.1 Å². The standard InChI is InChI=1S/2C4H9.I3.Sn/c2*1-3-4-2;1-3-2;/h2*1,3-4H2,2H3;;/q;;-1;. The van der Waals surface area contributed by atoms with Gasteiger partial charge >= 0.3 is 120 Å². The first kappa shape index (κ1) is 17.4. The molecule has 0 aromatic carbocycles. The number of rotatable bonds is 6. The van der Waals surface area contributed by atoms with Crippen molar-refractivity contribution in [3.05, 3.63) is 0 Å². The Balaban J connectivity index is 0. The summed E-state index contributed by atoms with van der Waals surface area (Å²) in [4.78, 5) is 0. The minimum atomic E-state index is 0.149. The fourth-order valence-electron chi connectivity index (χ4n) is 0.729. The van der Waals surface area contributed by atoms with E-state index in [0.717, 1.165) is 0 Å². The van der Waals surface area contributed by atoms with Crippen LogP contribution in [0.15, 0.2) is 0 Å². The van der Waals surface area contributed by atoms with Gasteiger partial charge in [-0.25, -0.2) is 0 Å². The summed E-state index contributed by atoms with van der Waals surface area (Å²) in [5, 5.41) is 0. The number of halogens is 3. The number of unbranched alkanes of at least 4 members (excludes halogenated alkanes) is 2. The summed E-state index contributed by atoms with van der Waals surface area (Å²) in [6, 6.07) is 0. The molecule has 0 aromatic heterocycles. The Kier molecular flexibility index (Phi) is 28.3. The van der Waals surface area contributed by atoms with Crippen molar-refractivity contribution >= 4 is 58.4 Å². The van der Waals surface area contributed by atoms with Crippen molar-refractivity contribution in [2.45, 2.75) is 48.4 Å². The molecule has 12 heavy (non-hydrogen) atoms. The summed E-state index contributed by atoms with van der Waals surface area (Å²) < 4.78 is 3.25. The normalized spacial score (nSPS) is 9.33. The van der Waals surface area contributed by atoms with Gasteiger partial charge in [-0.3, -0.25) is 0 Å². The van der Waals surface area contributed by atoms with Crippen LogP contribution in [0.1, 0.15) is 39.5 Å². The van der Waals surface area contributed by atoms with Crippen molar-refractivity contribution < 1.29 is 13.3 Å². The average molecular weight is 614 g/mol. The Bertz CT molecular complexity index is 56.3. The Labute approximate surface area is 118 Å². The van der Waals surface area contributed by atoms with Gasteiger partial charge in [-0.1, -0.05) is 0 Å². The zero-order valence-electron chi connectivity index (χ0n) is 7.88. The van der Waals surface area contributed by atoms with Crippen LogP contribution < -0.4 is 13.3 Å². The van der Waals surface area contributed by atoms with Gasteiger partial charge in [-0.15, -0.1) is 0 Å². The van der Waals surface area contributed by atoms with Crippen LogP contribution in [-0.2, 0) is 0 Å². The first-order chi connectivity index (χ1) is 5.83. The third-order valence-electron chi connectivity index (χ3n) is 1.41. The van der Waals surface area contributed by atoms with Gasteiger partial charge in [-0.2, -0.15) is 0 Å². The Morgan fingerprint density at radius 3 is 1.58 bits per heavy atom. The second-order valence-electron chi connectivity index (χ2n) is 2.51. The topological polar surface area (TPSA) is 0 Å². The first-order valence-corrected chi connectivity index (χ1v) is 21.0. The van der Waals surface area contributed by atoms with Gasteiger partial charge < -0.3 is 0 Å². The van der Waals surface area contributed by atoms with Crippen LogP contribution in [0.3, 0.4) is 0 Å². The molecule has 0 rings (SSSR count). The second-order valence-corrected chi connectivity index (χ2v) is 23.0. The summed E-state index contributed by atoms with van der Waals surface area (Å²) in [7, 11) is 0. The predicted octanol–water partition coefficient (Wildman–Crippen LogP) is 1.90. The molecule has 0 nitrogen and oxygen atoms in total. The number of hydrogen-bond donors (Lipinski definition) is 0. The van der Waals surface area contributed by atoms with Gasteiger partial charge in [-0.05, 0) is 0 Å². The predicted molar refractivity (Wildman–Crippen MR) is 73.2 cm³/mol. The Morgan fingerprint density at radius 1 is 1.00 bits per heavy atom. The Morgan fingerprint density at radius 2 is 1.33 bits per heavy atom. The van der Waals surface area contributed by atoms with Gasteiger partial charge in [0.2, 0.25) is 0 Å². The van der Waals surface area contributed by atoms with Crippen LogP contribution in [0.25, 0.3) is 0 Å². The fourth-order valence-corrected chi connectivity index (χ4v) is 4.89. The second kappa shape index (κ2) is 19.5. The van der Waals surface area contributed by atoms with Crippen molar-refractivity contribution in [1.82, 2.24) is 0 Å². The summed E-state index contributed by atoms with van der Waals surface area (Å²) in [5.74, 6) is 0. The third-order valence-corrected chi connectivity index (χ3v) is 5.45. The quantitative estimate of drug-likeness (QED) is 0.244. The van der Waals surface area contributed by atoms with Crippen molar-refractivity contribution in [2.75, 3.05) is 0 Å². The van der Waals surface area contributed by atoms with Crippen LogP contribution in [0, 0.1) is 0 Å². The van der Waals surface area contributed by atoms with Gasteiger partial charge in [0, 0.05) is 0 Å². The van der Waals surface area contributed by atoms with E-state index in [1.807, 2.05) is 0 Å². The molecule has 0 saturated carbocycles. The molecule has 0 saturated heterocycles. The molecule has 2 radical (unpaired) electrons. The molecule has 0 spiro atoms. The maximum atomic E-state index is 2.39. The number of hydrogen-bond acceptors (Lipinski definition) is 0. The summed E-state index contributed by atoms with van der Waals surface area (Å²) in [6.07, 6.45) is 5.84. The van der Waals surface area contributed by atoms with Gasteiger partial charge in [0.05, 0.1) is 0 Å². The molecule has 0 amide bonds. The summed E-state index contributed by atoms with van der Waals surface area (Å²) in [5.41, 5.74) is 0. The summed E-state index contributed by atoms with van der Waals surface area (Å²) >= 11 is 5.45. The van der Waals surface area contributed by atoms with Crippen molar-refractivity contribution in [3.8, 4) is 0 Å². The maximum absolute atomic E-state index is 2.39. The molecular weight excluding hydrogens is 596 g/mol. The van der Waals surface area contributed by atoms with E-state index in [9.17, 15) is 0 Å². The van der Waals surface area contributed by atoms with E-state index in [0.29, 0.717) is 13.3 Å². The van der Waals surface area contributed by atoms with Crippen LogP contribution in [-0.4, -0.2) is 21.1 Å². The molecule has 76 valence electrons. The molecule has 0 aliphatic carbocycles. The van der Waals surface area contributed by atoms with Crippen molar-refractivity contribution in [2.24, 2.45) is 0 Å². The van der Waals surface area contributed by atoms with E-state index in [2.05, 4.69) is 51.1 Å². The molecule has 0 aromatic rings. The van der Waals surface area contributed by atoms with Gasteiger partial charge in [0.15, 0.2) is 0 Å². The fraction of sp³-hybridized carbons (Fsp3) is 1.00. The van der Waals surface area contributed by atoms with Crippen LogP contribution in [0.4, 0.5) is 0 Å². The summed E-state index contributed by atoms with van der Waals surface area (Å²) in [6.45, 7) is 4.58. The van der Waals surface area contributed by atoms with Crippen LogP contribution in [0.2, 0.25) is 8.87 Å². The van der Waals surface area contributed by atoms with Crippen molar-refractivity contribution in [3.63, 3.8) is 0 Å². The van der Waals surface area contributed by atoms with Crippen LogP contribution in [0.5, 0.6) is 0 Å². The van der Waals surface area contributed by atoms with Crippen molar-refractivity contribution in [1.29, 1.82) is 0 Å². The van der Waals surface area contributed by atoms with Gasteiger partial charge in [0.1, 0.15) is 0 Å². The van der Waals surface area contributed by atoms with E-state index < -0.39 is 0 Å². The third kappa shape index (κ3) is 23.1. The Hall–Kier alpha value is 2.99. The van der Waals surface area contributed by atoms with E-state index in [1.54, 1.807) is 8.87 Å². The zero-order valence-corrected chi connectivity index (χ0v) is 17.2. The molecule has 0 atom stereocenters. The van der Waals surface area contributed by atoms with Gasteiger partial charge in [0.25, 0.3) is 0 Å². The monoisotopic (exact) mass is 615 g/mol. The van der Waals surface area contributed by atoms with E-state index in [4.69, 9.17) is 0 Å². The minimum absolute atomic E-state index is 0.149. The molecule has 0 N–H and O–H groups in total. The molecule has 0 fully saturated rings. The zero-order chi connectivity index (χ0) is 9.66. The average Bonchev–Trinajstić information content (AvgIpc) is 2.06. The molecule has 0 heterocycles. The van der Waals surface area contributed by atoms with Crippen LogP contribution >= 0.6 is 37.2 Å². The molecule has 4 heteroatoms. The SMILES string of the molecule is CCC[CH2][Sn][CH2]CCC.I[I-]I. The first-order valence-electron chi connectivity index (χ1n) is 4.41. The molecule has 0 aliphatic heterocycles. The molecule has 0 bridgehead atoms. The molecule has 0 aliphatic rings. The van der Waals surface area contributed by atoms with E-state index >= 15 is 0 Å².